The lowest BCUT2D eigenvalue weighted by Crippen LogP contribution is -2.58. The predicted molar refractivity (Wildman–Crippen MR) is 89.2 cm³/mol. The highest BCUT2D eigenvalue weighted by atomic mass is 16.2. The standard InChI is InChI=1S/C17H35N3O/c1-4-6-10-19-16(21)13-20(11-5-2)17(14-18)9-7-8-15(3)12-17/h15H,4-14,18H2,1-3H3,(H,19,21). The molecular weight excluding hydrogens is 262 g/mol. The molecule has 0 aliphatic heterocycles. The summed E-state index contributed by atoms with van der Waals surface area (Å²) in [5.41, 5.74) is 6.19. The van der Waals surface area contributed by atoms with E-state index in [1.54, 1.807) is 0 Å². The minimum atomic E-state index is 0.0375. The Balaban J connectivity index is 2.66. The second kappa shape index (κ2) is 9.42. The van der Waals surface area contributed by atoms with Crippen molar-refractivity contribution in [1.82, 2.24) is 10.2 Å². The van der Waals surface area contributed by atoms with E-state index in [0.29, 0.717) is 19.0 Å². The number of unbranched alkanes of at least 4 members (excludes halogenated alkanes) is 1. The van der Waals surface area contributed by atoms with E-state index >= 15 is 0 Å². The van der Waals surface area contributed by atoms with Crippen molar-refractivity contribution in [2.24, 2.45) is 11.7 Å². The number of hydrogen-bond donors (Lipinski definition) is 2. The molecule has 0 aromatic rings. The van der Waals surface area contributed by atoms with Gasteiger partial charge in [-0.1, -0.05) is 40.0 Å². The van der Waals surface area contributed by atoms with Gasteiger partial charge in [0.15, 0.2) is 0 Å². The molecule has 1 aliphatic carbocycles. The van der Waals surface area contributed by atoms with E-state index in [-0.39, 0.29) is 11.4 Å². The van der Waals surface area contributed by atoms with Gasteiger partial charge < -0.3 is 11.1 Å². The van der Waals surface area contributed by atoms with Crippen LogP contribution in [-0.4, -0.2) is 42.5 Å². The second-order valence-electron chi connectivity index (χ2n) is 6.76. The normalized spacial score (nSPS) is 26.0. The van der Waals surface area contributed by atoms with E-state index in [4.69, 9.17) is 5.73 Å². The fraction of sp³-hybridized carbons (Fsp3) is 0.941. The molecule has 1 saturated carbocycles. The zero-order valence-corrected chi connectivity index (χ0v) is 14.3. The van der Waals surface area contributed by atoms with Crippen LogP contribution in [0.3, 0.4) is 0 Å². The first-order valence-electron chi connectivity index (χ1n) is 8.79. The van der Waals surface area contributed by atoms with Crippen molar-refractivity contribution in [1.29, 1.82) is 0 Å². The van der Waals surface area contributed by atoms with Gasteiger partial charge in [-0.15, -0.1) is 0 Å². The lowest BCUT2D eigenvalue weighted by Gasteiger charge is -2.47. The van der Waals surface area contributed by atoms with Gasteiger partial charge in [-0.2, -0.15) is 0 Å². The van der Waals surface area contributed by atoms with Gasteiger partial charge in [-0.05, 0) is 38.1 Å². The van der Waals surface area contributed by atoms with Gasteiger partial charge in [-0.25, -0.2) is 0 Å². The first-order valence-corrected chi connectivity index (χ1v) is 8.79. The molecule has 1 rings (SSSR count). The third-order valence-corrected chi connectivity index (χ3v) is 4.80. The molecule has 1 amide bonds. The van der Waals surface area contributed by atoms with Crippen molar-refractivity contribution in [3.63, 3.8) is 0 Å². The molecule has 4 nitrogen and oxygen atoms in total. The van der Waals surface area contributed by atoms with Crippen LogP contribution in [0.5, 0.6) is 0 Å². The minimum Gasteiger partial charge on any atom is -0.355 e. The molecule has 1 fully saturated rings. The topological polar surface area (TPSA) is 58.4 Å². The molecular formula is C17H35N3O. The van der Waals surface area contributed by atoms with E-state index in [9.17, 15) is 4.79 Å². The first-order chi connectivity index (χ1) is 10.1. The SMILES string of the molecule is CCCCNC(=O)CN(CCC)C1(CN)CCCC(C)C1. The molecule has 0 aromatic carbocycles. The van der Waals surface area contributed by atoms with Crippen LogP contribution in [0.2, 0.25) is 0 Å². The third kappa shape index (κ3) is 5.59. The summed E-state index contributed by atoms with van der Waals surface area (Å²) in [6, 6.07) is 0. The zero-order valence-electron chi connectivity index (χ0n) is 14.3. The van der Waals surface area contributed by atoms with Crippen molar-refractivity contribution >= 4 is 5.91 Å². The lowest BCUT2D eigenvalue weighted by molar-refractivity contribution is -0.124. The van der Waals surface area contributed by atoms with Crippen LogP contribution in [-0.2, 0) is 4.79 Å². The summed E-state index contributed by atoms with van der Waals surface area (Å²) in [6.07, 6.45) is 8.03. The van der Waals surface area contributed by atoms with Crippen LogP contribution in [0, 0.1) is 5.92 Å². The lowest BCUT2D eigenvalue weighted by atomic mass is 9.75. The molecule has 21 heavy (non-hydrogen) atoms. The summed E-state index contributed by atoms with van der Waals surface area (Å²) in [5, 5.41) is 3.04. The molecule has 3 N–H and O–H groups in total. The Bertz CT molecular complexity index is 308. The number of carbonyl (C=O) groups excluding carboxylic acids is 1. The molecule has 2 unspecified atom stereocenters. The Kier molecular flexibility index (Phi) is 8.27. The molecule has 124 valence electrons. The Morgan fingerprint density at radius 2 is 2.14 bits per heavy atom. The average molecular weight is 297 g/mol. The largest absolute Gasteiger partial charge is 0.355 e. The van der Waals surface area contributed by atoms with Crippen LogP contribution < -0.4 is 11.1 Å². The van der Waals surface area contributed by atoms with E-state index in [2.05, 4.69) is 31.0 Å². The van der Waals surface area contributed by atoms with E-state index in [1.165, 1.54) is 12.8 Å². The fourth-order valence-electron chi connectivity index (χ4n) is 3.62. The van der Waals surface area contributed by atoms with Gasteiger partial charge in [-0.3, -0.25) is 9.69 Å². The zero-order chi connectivity index (χ0) is 15.7. The third-order valence-electron chi connectivity index (χ3n) is 4.80. The molecule has 1 aliphatic rings. The molecule has 0 bridgehead atoms. The van der Waals surface area contributed by atoms with Gasteiger partial charge in [0, 0.05) is 18.6 Å². The number of nitrogens with two attached hydrogens (primary N) is 1. The molecule has 0 heterocycles. The van der Waals surface area contributed by atoms with Crippen LogP contribution in [0.25, 0.3) is 0 Å². The Hall–Kier alpha value is -0.610. The van der Waals surface area contributed by atoms with Crippen molar-refractivity contribution in [2.45, 2.75) is 71.3 Å². The highest BCUT2D eigenvalue weighted by Gasteiger charge is 2.39. The van der Waals surface area contributed by atoms with Crippen LogP contribution >= 0.6 is 0 Å². The summed E-state index contributed by atoms with van der Waals surface area (Å²) in [4.78, 5) is 14.6. The van der Waals surface area contributed by atoms with Gasteiger partial charge in [0.05, 0.1) is 6.54 Å². The fourth-order valence-corrected chi connectivity index (χ4v) is 3.62. The number of nitrogens with zero attached hydrogens (tertiary/aromatic N) is 1. The average Bonchev–Trinajstić information content (AvgIpc) is 2.47. The van der Waals surface area contributed by atoms with Crippen molar-refractivity contribution in [3.05, 3.63) is 0 Å². The van der Waals surface area contributed by atoms with Gasteiger partial charge in [0.25, 0.3) is 0 Å². The molecule has 0 radical (unpaired) electrons. The van der Waals surface area contributed by atoms with Gasteiger partial charge in [0.2, 0.25) is 5.91 Å². The molecule has 0 aromatic heterocycles. The van der Waals surface area contributed by atoms with E-state index in [0.717, 1.165) is 45.2 Å². The Morgan fingerprint density at radius 1 is 1.38 bits per heavy atom. The van der Waals surface area contributed by atoms with Crippen LogP contribution in [0.4, 0.5) is 0 Å². The number of nitrogens with one attached hydrogen (secondary N) is 1. The maximum Gasteiger partial charge on any atom is 0.234 e. The highest BCUT2D eigenvalue weighted by molar-refractivity contribution is 5.78. The van der Waals surface area contributed by atoms with Crippen molar-refractivity contribution in [3.8, 4) is 0 Å². The van der Waals surface area contributed by atoms with Gasteiger partial charge >= 0.3 is 0 Å². The summed E-state index contributed by atoms with van der Waals surface area (Å²) < 4.78 is 0. The van der Waals surface area contributed by atoms with Crippen LogP contribution in [0.15, 0.2) is 0 Å². The number of hydrogen-bond acceptors (Lipinski definition) is 3. The van der Waals surface area contributed by atoms with Gasteiger partial charge in [0.1, 0.15) is 0 Å². The Morgan fingerprint density at radius 3 is 2.71 bits per heavy atom. The maximum atomic E-state index is 12.2. The summed E-state index contributed by atoms with van der Waals surface area (Å²) in [7, 11) is 0. The number of amides is 1. The summed E-state index contributed by atoms with van der Waals surface area (Å²) in [5.74, 6) is 0.868. The van der Waals surface area contributed by atoms with Crippen molar-refractivity contribution < 1.29 is 4.79 Å². The van der Waals surface area contributed by atoms with E-state index < -0.39 is 0 Å². The van der Waals surface area contributed by atoms with Crippen LogP contribution in [0.1, 0.15) is 65.7 Å². The first kappa shape index (κ1) is 18.4. The quantitative estimate of drug-likeness (QED) is 0.643. The van der Waals surface area contributed by atoms with E-state index in [1.807, 2.05) is 0 Å². The molecule has 0 saturated heterocycles. The molecule has 0 spiro atoms. The number of carbonyl (C=O) groups is 1. The highest BCUT2D eigenvalue weighted by Crippen LogP contribution is 2.36. The molecule has 4 heteroatoms. The molecule has 2 atom stereocenters. The number of rotatable bonds is 9. The Labute approximate surface area is 130 Å². The maximum absolute atomic E-state index is 12.2. The summed E-state index contributed by atoms with van der Waals surface area (Å²) >= 11 is 0. The monoisotopic (exact) mass is 297 g/mol. The van der Waals surface area contributed by atoms with Crippen molar-refractivity contribution in [2.75, 3.05) is 26.2 Å². The predicted octanol–water partition coefficient (Wildman–Crippen LogP) is 2.52. The minimum absolute atomic E-state index is 0.0375. The second-order valence-corrected chi connectivity index (χ2v) is 6.76. The summed E-state index contributed by atoms with van der Waals surface area (Å²) in [6.45, 7) is 9.56. The smallest absolute Gasteiger partial charge is 0.234 e.